The smallest absolute Gasteiger partial charge is 0.251 e. The number of guanidine groups is 1. The Bertz CT molecular complexity index is 654. The number of rotatable bonds is 8. The number of hydrogen-bond acceptors (Lipinski definition) is 3. The number of halogens is 1. The summed E-state index contributed by atoms with van der Waals surface area (Å²) in [6.07, 6.45) is 2.62. The first kappa shape index (κ1) is 24.7. The molecule has 1 fully saturated rings. The molecule has 28 heavy (non-hydrogen) atoms. The Morgan fingerprint density at radius 3 is 2.64 bits per heavy atom. The molecule has 2 N–H and O–H groups in total. The van der Waals surface area contributed by atoms with E-state index < -0.39 is 0 Å². The van der Waals surface area contributed by atoms with Gasteiger partial charge in [0.1, 0.15) is 0 Å². The molecule has 0 bridgehead atoms. The number of hydrogen-bond donors (Lipinski definition) is 2. The van der Waals surface area contributed by atoms with Crippen LogP contribution < -0.4 is 10.6 Å². The zero-order valence-corrected chi connectivity index (χ0v) is 20.1. The minimum absolute atomic E-state index is 0. The van der Waals surface area contributed by atoms with E-state index in [0.29, 0.717) is 18.7 Å². The Kier molecular flexibility index (Phi) is 10.2. The van der Waals surface area contributed by atoms with Crippen LogP contribution in [0.5, 0.6) is 0 Å². The maximum atomic E-state index is 12.3. The normalized spacial score (nSPS) is 14.2. The summed E-state index contributed by atoms with van der Waals surface area (Å²) in [7, 11) is 3.78. The Morgan fingerprint density at radius 2 is 2.04 bits per heavy atom. The van der Waals surface area contributed by atoms with Crippen molar-refractivity contribution in [1.82, 2.24) is 15.5 Å². The minimum atomic E-state index is -0.252. The highest BCUT2D eigenvalue weighted by atomic mass is 127. The van der Waals surface area contributed by atoms with E-state index in [1.807, 2.05) is 52.1 Å². The van der Waals surface area contributed by atoms with Gasteiger partial charge < -0.3 is 20.3 Å². The molecular weight excluding hydrogens is 467 g/mol. The van der Waals surface area contributed by atoms with Crippen molar-refractivity contribution in [1.29, 1.82) is 0 Å². The van der Waals surface area contributed by atoms with Crippen molar-refractivity contribution >= 4 is 35.8 Å². The SMILES string of the molecule is CN=C(NCc1cccc(C(=O)NC(C)(C)C)c1)N(C)CCOCC1CC1.I. The second kappa shape index (κ2) is 11.6. The van der Waals surface area contributed by atoms with Gasteiger partial charge in [0.15, 0.2) is 5.96 Å². The van der Waals surface area contributed by atoms with Crippen molar-refractivity contribution in [2.45, 2.75) is 45.7 Å². The van der Waals surface area contributed by atoms with Gasteiger partial charge in [-0.2, -0.15) is 0 Å². The molecule has 1 aliphatic carbocycles. The van der Waals surface area contributed by atoms with Crippen LogP contribution >= 0.6 is 24.0 Å². The molecule has 1 saturated carbocycles. The highest BCUT2D eigenvalue weighted by molar-refractivity contribution is 14.0. The lowest BCUT2D eigenvalue weighted by molar-refractivity contribution is 0.0919. The van der Waals surface area contributed by atoms with Crippen LogP contribution in [0, 0.1) is 5.92 Å². The number of amides is 1. The van der Waals surface area contributed by atoms with Crippen molar-refractivity contribution in [2.24, 2.45) is 10.9 Å². The van der Waals surface area contributed by atoms with Crippen LogP contribution in [0.15, 0.2) is 29.3 Å². The quantitative estimate of drug-likeness (QED) is 0.248. The summed E-state index contributed by atoms with van der Waals surface area (Å²) in [6.45, 7) is 8.91. The Morgan fingerprint density at radius 1 is 1.32 bits per heavy atom. The number of ether oxygens (including phenoxy) is 1. The van der Waals surface area contributed by atoms with Crippen molar-refractivity contribution in [3.8, 4) is 0 Å². The molecule has 0 unspecified atom stereocenters. The van der Waals surface area contributed by atoms with Gasteiger partial charge in [0.05, 0.1) is 6.61 Å². The van der Waals surface area contributed by atoms with Gasteiger partial charge in [-0.05, 0) is 57.2 Å². The molecule has 1 aromatic carbocycles. The highest BCUT2D eigenvalue weighted by Crippen LogP contribution is 2.28. The van der Waals surface area contributed by atoms with Gasteiger partial charge in [0.2, 0.25) is 0 Å². The first-order chi connectivity index (χ1) is 12.8. The zero-order valence-electron chi connectivity index (χ0n) is 17.7. The fourth-order valence-electron chi connectivity index (χ4n) is 2.64. The number of carbonyl (C=O) groups excluding carboxylic acids is 1. The van der Waals surface area contributed by atoms with E-state index in [0.717, 1.165) is 30.6 Å². The molecule has 7 heteroatoms. The standard InChI is InChI=1S/C21H34N4O2.HI/c1-21(2,3)24-19(26)18-8-6-7-17(13-18)14-23-20(22-4)25(5)11-12-27-15-16-9-10-16;/h6-8,13,16H,9-12,14-15H2,1-5H3,(H,22,23)(H,24,26);1H. The summed E-state index contributed by atoms with van der Waals surface area (Å²) in [5.41, 5.74) is 1.45. The van der Waals surface area contributed by atoms with Gasteiger partial charge in [-0.1, -0.05) is 12.1 Å². The summed E-state index contributed by atoms with van der Waals surface area (Å²) >= 11 is 0. The van der Waals surface area contributed by atoms with Gasteiger partial charge >= 0.3 is 0 Å². The highest BCUT2D eigenvalue weighted by Gasteiger charge is 2.21. The second-order valence-electron chi connectivity index (χ2n) is 8.25. The fourth-order valence-corrected chi connectivity index (χ4v) is 2.64. The van der Waals surface area contributed by atoms with Crippen molar-refractivity contribution in [3.63, 3.8) is 0 Å². The molecule has 0 aliphatic heterocycles. The van der Waals surface area contributed by atoms with E-state index in [4.69, 9.17) is 4.74 Å². The third-order valence-corrected chi connectivity index (χ3v) is 4.32. The lowest BCUT2D eigenvalue weighted by Gasteiger charge is -2.22. The molecule has 0 radical (unpaired) electrons. The van der Waals surface area contributed by atoms with Gasteiger partial charge in [-0.25, -0.2) is 0 Å². The molecule has 158 valence electrons. The predicted molar refractivity (Wildman–Crippen MR) is 125 cm³/mol. The topological polar surface area (TPSA) is 66.0 Å². The van der Waals surface area contributed by atoms with Gasteiger partial charge in [-0.3, -0.25) is 9.79 Å². The van der Waals surface area contributed by atoms with Crippen LogP contribution in [-0.4, -0.2) is 56.2 Å². The van der Waals surface area contributed by atoms with Crippen molar-refractivity contribution in [2.75, 3.05) is 33.9 Å². The third-order valence-electron chi connectivity index (χ3n) is 4.32. The van der Waals surface area contributed by atoms with E-state index in [2.05, 4.69) is 20.5 Å². The second-order valence-corrected chi connectivity index (χ2v) is 8.25. The number of carbonyl (C=O) groups is 1. The molecule has 1 amide bonds. The average molecular weight is 502 g/mol. The lowest BCUT2D eigenvalue weighted by atomic mass is 10.1. The number of nitrogens with zero attached hydrogens (tertiary/aromatic N) is 2. The lowest BCUT2D eigenvalue weighted by Crippen LogP contribution is -2.41. The average Bonchev–Trinajstić information content (AvgIpc) is 3.42. The van der Waals surface area contributed by atoms with Crippen LogP contribution in [0.2, 0.25) is 0 Å². The van der Waals surface area contributed by atoms with Crippen molar-refractivity contribution < 1.29 is 9.53 Å². The van der Waals surface area contributed by atoms with E-state index in [1.54, 1.807) is 7.05 Å². The van der Waals surface area contributed by atoms with Gasteiger partial charge in [0.25, 0.3) is 5.91 Å². The summed E-state index contributed by atoms with van der Waals surface area (Å²) in [5, 5.41) is 6.34. The Hall–Kier alpha value is -1.35. The number of likely N-dealkylation sites (N-methyl/N-ethyl adjacent to an activating group) is 1. The number of benzene rings is 1. The van der Waals surface area contributed by atoms with E-state index >= 15 is 0 Å². The molecule has 0 saturated heterocycles. The predicted octanol–water partition coefficient (Wildman–Crippen LogP) is 3.27. The van der Waals surface area contributed by atoms with Crippen LogP contribution in [0.4, 0.5) is 0 Å². The largest absolute Gasteiger partial charge is 0.379 e. The molecule has 0 atom stereocenters. The zero-order chi connectivity index (χ0) is 19.9. The number of aliphatic imine (C=N–C) groups is 1. The summed E-state index contributed by atoms with van der Waals surface area (Å²) in [4.78, 5) is 18.7. The molecule has 2 rings (SSSR count). The van der Waals surface area contributed by atoms with Crippen LogP contribution in [0.25, 0.3) is 0 Å². The Labute approximate surface area is 186 Å². The van der Waals surface area contributed by atoms with E-state index in [1.165, 1.54) is 12.8 Å². The van der Waals surface area contributed by atoms with Gasteiger partial charge in [-0.15, -0.1) is 24.0 Å². The monoisotopic (exact) mass is 502 g/mol. The Balaban J connectivity index is 0.00000392. The van der Waals surface area contributed by atoms with Crippen LogP contribution in [0.1, 0.15) is 49.5 Å². The van der Waals surface area contributed by atoms with Crippen LogP contribution in [-0.2, 0) is 11.3 Å². The minimum Gasteiger partial charge on any atom is -0.379 e. The maximum absolute atomic E-state index is 12.3. The van der Waals surface area contributed by atoms with E-state index in [-0.39, 0.29) is 35.4 Å². The molecule has 1 aliphatic rings. The fraction of sp³-hybridized carbons (Fsp3) is 0.619. The summed E-state index contributed by atoms with van der Waals surface area (Å²) < 4.78 is 5.70. The molecule has 0 heterocycles. The first-order valence-electron chi connectivity index (χ1n) is 9.69. The third kappa shape index (κ3) is 9.23. The molecule has 0 aromatic heterocycles. The first-order valence-corrected chi connectivity index (χ1v) is 9.69. The molecular formula is C21H35IN4O2. The van der Waals surface area contributed by atoms with Gasteiger partial charge in [0, 0.05) is 44.9 Å². The molecule has 1 aromatic rings. The van der Waals surface area contributed by atoms with Crippen molar-refractivity contribution in [3.05, 3.63) is 35.4 Å². The summed E-state index contributed by atoms with van der Waals surface area (Å²) in [5.74, 6) is 1.55. The maximum Gasteiger partial charge on any atom is 0.251 e. The van der Waals surface area contributed by atoms with E-state index in [9.17, 15) is 4.79 Å². The summed E-state index contributed by atoms with van der Waals surface area (Å²) in [6, 6.07) is 7.67. The molecule has 0 spiro atoms. The molecule has 6 nitrogen and oxygen atoms in total. The number of nitrogens with one attached hydrogen (secondary N) is 2. The van der Waals surface area contributed by atoms with Crippen LogP contribution in [0.3, 0.4) is 0 Å².